The van der Waals surface area contributed by atoms with Crippen molar-refractivity contribution in [1.29, 1.82) is 0 Å². The van der Waals surface area contributed by atoms with Gasteiger partial charge in [-0.15, -0.1) is 0 Å². The number of benzene rings is 1. The van der Waals surface area contributed by atoms with E-state index in [1.165, 1.54) is 0 Å². The number of hydrogen-bond donors (Lipinski definition) is 0. The number of ether oxygens (including phenoxy) is 1. The Morgan fingerprint density at radius 3 is 2.13 bits per heavy atom. The highest BCUT2D eigenvalue weighted by Gasteiger charge is 1.96. The van der Waals surface area contributed by atoms with Gasteiger partial charge in [-0.1, -0.05) is 27.7 Å². The fourth-order valence-corrected chi connectivity index (χ4v) is 0.906. The number of aldehydes is 1. The summed E-state index contributed by atoms with van der Waals surface area (Å²) in [7, 11) is 0. The molecule has 15 heavy (non-hydrogen) atoms. The Bertz CT molecular complexity index is 262. The van der Waals surface area contributed by atoms with E-state index in [0.717, 1.165) is 12.0 Å². The fourth-order valence-electron chi connectivity index (χ4n) is 0.906. The molecule has 0 unspecified atom stereocenters. The molecule has 1 aromatic rings. The first-order chi connectivity index (χ1) is 7.22. The Kier molecular flexibility index (Phi) is 7.33. The second kappa shape index (κ2) is 8.04. The van der Waals surface area contributed by atoms with Crippen molar-refractivity contribution in [3.8, 4) is 5.75 Å². The van der Waals surface area contributed by atoms with Gasteiger partial charge < -0.3 is 4.74 Å². The Hall–Kier alpha value is -1.31. The summed E-state index contributed by atoms with van der Waals surface area (Å²) >= 11 is 0. The highest BCUT2D eigenvalue weighted by Crippen LogP contribution is 2.11. The van der Waals surface area contributed by atoms with Crippen LogP contribution in [0.4, 0.5) is 0 Å². The Morgan fingerprint density at radius 2 is 1.73 bits per heavy atom. The molecule has 0 spiro atoms. The summed E-state index contributed by atoms with van der Waals surface area (Å²) in [5, 5.41) is 0. The van der Waals surface area contributed by atoms with E-state index >= 15 is 0 Å². The molecule has 0 amide bonds. The minimum Gasteiger partial charge on any atom is -0.493 e. The summed E-state index contributed by atoms with van der Waals surface area (Å²) in [4.78, 5) is 10.3. The van der Waals surface area contributed by atoms with Crippen molar-refractivity contribution in [2.75, 3.05) is 6.61 Å². The SMILES string of the molecule is CC.CC(C)COc1ccc(C=O)cc1. The monoisotopic (exact) mass is 208 g/mol. The summed E-state index contributed by atoms with van der Waals surface area (Å²) in [6.07, 6.45) is 0.826. The van der Waals surface area contributed by atoms with Crippen molar-refractivity contribution < 1.29 is 9.53 Å². The molecule has 0 bridgehead atoms. The molecule has 0 atom stereocenters. The zero-order chi connectivity index (χ0) is 11.7. The number of carbonyl (C=O) groups excluding carboxylic acids is 1. The van der Waals surface area contributed by atoms with E-state index in [9.17, 15) is 4.79 Å². The molecule has 0 heterocycles. The zero-order valence-corrected chi connectivity index (χ0v) is 9.99. The molecule has 0 N–H and O–H groups in total. The third kappa shape index (κ3) is 5.89. The quantitative estimate of drug-likeness (QED) is 0.707. The average molecular weight is 208 g/mol. The van der Waals surface area contributed by atoms with Crippen LogP contribution in [0.3, 0.4) is 0 Å². The van der Waals surface area contributed by atoms with Crippen molar-refractivity contribution in [2.45, 2.75) is 27.7 Å². The van der Waals surface area contributed by atoms with E-state index in [4.69, 9.17) is 4.74 Å². The standard InChI is InChI=1S/C11H14O2.C2H6/c1-9(2)8-13-11-5-3-10(7-12)4-6-11;1-2/h3-7,9H,8H2,1-2H3;1-2H3. The van der Waals surface area contributed by atoms with Gasteiger partial charge in [0.05, 0.1) is 6.61 Å². The lowest BCUT2D eigenvalue weighted by molar-refractivity contribution is 0.112. The van der Waals surface area contributed by atoms with Crippen LogP contribution in [0.1, 0.15) is 38.1 Å². The van der Waals surface area contributed by atoms with Crippen molar-refractivity contribution >= 4 is 6.29 Å². The van der Waals surface area contributed by atoms with Crippen molar-refractivity contribution in [3.05, 3.63) is 29.8 Å². The van der Waals surface area contributed by atoms with Gasteiger partial charge >= 0.3 is 0 Å². The molecule has 0 saturated heterocycles. The molecule has 0 fully saturated rings. The average Bonchev–Trinajstić information content (AvgIpc) is 2.30. The molecule has 0 aliphatic heterocycles. The molecule has 1 aromatic carbocycles. The zero-order valence-electron chi connectivity index (χ0n) is 9.99. The van der Waals surface area contributed by atoms with E-state index in [1.54, 1.807) is 12.1 Å². The maximum absolute atomic E-state index is 10.3. The second-order valence-corrected chi connectivity index (χ2v) is 3.39. The Balaban J connectivity index is 0.000000921. The van der Waals surface area contributed by atoms with Gasteiger partial charge in [-0.05, 0) is 30.2 Å². The van der Waals surface area contributed by atoms with E-state index in [-0.39, 0.29) is 0 Å². The molecule has 2 heteroatoms. The number of carbonyl (C=O) groups is 1. The van der Waals surface area contributed by atoms with Gasteiger partial charge in [0, 0.05) is 5.56 Å². The number of hydrogen-bond acceptors (Lipinski definition) is 2. The molecular formula is C13H20O2. The van der Waals surface area contributed by atoms with Crippen LogP contribution in [0, 0.1) is 5.92 Å². The fraction of sp³-hybridized carbons (Fsp3) is 0.462. The smallest absolute Gasteiger partial charge is 0.150 e. The molecule has 0 aliphatic carbocycles. The summed E-state index contributed by atoms with van der Waals surface area (Å²) in [6.45, 7) is 8.90. The van der Waals surface area contributed by atoms with Gasteiger partial charge in [0.1, 0.15) is 12.0 Å². The summed E-state index contributed by atoms with van der Waals surface area (Å²) in [5.41, 5.74) is 0.678. The predicted molar refractivity (Wildman–Crippen MR) is 63.5 cm³/mol. The molecule has 1 rings (SSSR count). The highest BCUT2D eigenvalue weighted by molar-refractivity contribution is 5.74. The van der Waals surface area contributed by atoms with Gasteiger partial charge in [-0.2, -0.15) is 0 Å². The topological polar surface area (TPSA) is 26.3 Å². The van der Waals surface area contributed by atoms with Crippen LogP contribution in [0.15, 0.2) is 24.3 Å². The summed E-state index contributed by atoms with van der Waals surface area (Å²) in [5.74, 6) is 1.34. The van der Waals surface area contributed by atoms with E-state index < -0.39 is 0 Å². The van der Waals surface area contributed by atoms with Crippen LogP contribution in [0.25, 0.3) is 0 Å². The third-order valence-corrected chi connectivity index (χ3v) is 1.60. The highest BCUT2D eigenvalue weighted by atomic mass is 16.5. The first-order valence-electron chi connectivity index (χ1n) is 5.40. The Labute approximate surface area is 92.3 Å². The van der Waals surface area contributed by atoms with Gasteiger partial charge in [-0.25, -0.2) is 0 Å². The van der Waals surface area contributed by atoms with Gasteiger partial charge in [-0.3, -0.25) is 4.79 Å². The molecule has 84 valence electrons. The Morgan fingerprint density at radius 1 is 1.20 bits per heavy atom. The largest absolute Gasteiger partial charge is 0.493 e. The molecular weight excluding hydrogens is 188 g/mol. The molecule has 0 radical (unpaired) electrons. The van der Waals surface area contributed by atoms with Crippen LogP contribution in [0.2, 0.25) is 0 Å². The minimum atomic E-state index is 0.519. The van der Waals surface area contributed by atoms with E-state index in [0.29, 0.717) is 18.1 Å². The van der Waals surface area contributed by atoms with Gasteiger partial charge in [0.15, 0.2) is 0 Å². The second-order valence-electron chi connectivity index (χ2n) is 3.39. The lowest BCUT2D eigenvalue weighted by Crippen LogP contribution is -2.04. The normalized spacial score (nSPS) is 9.13. The van der Waals surface area contributed by atoms with Gasteiger partial charge in [0.2, 0.25) is 0 Å². The van der Waals surface area contributed by atoms with Crippen LogP contribution < -0.4 is 4.74 Å². The van der Waals surface area contributed by atoms with Crippen molar-refractivity contribution in [3.63, 3.8) is 0 Å². The van der Waals surface area contributed by atoms with Crippen LogP contribution in [-0.2, 0) is 0 Å². The van der Waals surface area contributed by atoms with Gasteiger partial charge in [0.25, 0.3) is 0 Å². The predicted octanol–water partition coefficient (Wildman–Crippen LogP) is 3.56. The van der Waals surface area contributed by atoms with E-state index in [2.05, 4.69) is 13.8 Å². The molecule has 0 aliphatic rings. The molecule has 2 nitrogen and oxygen atoms in total. The minimum absolute atomic E-state index is 0.519. The number of rotatable bonds is 4. The lowest BCUT2D eigenvalue weighted by Gasteiger charge is -2.07. The summed E-state index contributed by atoms with van der Waals surface area (Å²) < 4.78 is 5.45. The molecule has 0 saturated carbocycles. The van der Waals surface area contributed by atoms with Crippen LogP contribution in [-0.4, -0.2) is 12.9 Å². The van der Waals surface area contributed by atoms with E-state index in [1.807, 2.05) is 26.0 Å². The first-order valence-corrected chi connectivity index (χ1v) is 5.40. The summed E-state index contributed by atoms with van der Waals surface area (Å²) in [6, 6.07) is 7.13. The van der Waals surface area contributed by atoms with Crippen LogP contribution >= 0.6 is 0 Å². The van der Waals surface area contributed by atoms with Crippen LogP contribution in [0.5, 0.6) is 5.75 Å². The van der Waals surface area contributed by atoms with Crippen molar-refractivity contribution in [2.24, 2.45) is 5.92 Å². The maximum atomic E-state index is 10.3. The maximum Gasteiger partial charge on any atom is 0.150 e. The molecule has 0 aromatic heterocycles. The first kappa shape index (κ1) is 13.7. The third-order valence-electron chi connectivity index (χ3n) is 1.60. The van der Waals surface area contributed by atoms with Crippen molar-refractivity contribution in [1.82, 2.24) is 0 Å². The lowest BCUT2D eigenvalue weighted by atomic mass is 10.2.